The second kappa shape index (κ2) is 7.20. The van der Waals surface area contributed by atoms with Crippen molar-refractivity contribution in [3.63, 3.8) is 0 Å². The van der Waals surface area contributed by atoms with Gasteiger partial charge in [0.05, 0.1) is 29.8 Å². The number of halogens is 1. The van der Waals surface area contributed by atoms with Crippen molar-refractivity contribution >= 4 is 22.6 Å². The molecule has 4 nitrogen and oxygen atoms in total. The Hall–Kier alpha value is -1.10. The number of benzene rings is 1. The van der Waals surface area contributed by atoms with E-state index in [0.29, 0.717) is 0 Å². The number of aromatic nitrogens is 2. The summed E-state index contributed by atoms with van der Waals surface area (Å²) in [7, 11) is 0. The fraction of sp³-hybridized carbons (Fsp3) is 0.611. The highest BCUT2D eigenvalue weighted by atomic mass is 35.5. The van der Waals surface area contributed by atoms with Crippen LogP contribution in [0.25, 0.3) is 11.0 Å². The molecule has 1 aromatic carbocycles. The molecule has 0 radical (unpaired) electrons. The van der Waals surface area contributed by atoms with E-state index in [4.69, 9.17) is 21.3 Å². The minimum Gasteiger partial charge on any atom is -0.373 e. The van der Waals surface area contributed by atoms with Gasteiger partial charge in [-0.2, -0.15) is 0 Å². The largest absolute Gasteiger partial charge is 0.373 e. The number of morpholine rings is 1. The van der Waals surface area contributed by atoms with Crippen molar-refractivity contribution in [1.29, 1.82) is 0 Å². The van der Waals surface area contributed by atoms with E-state index in [9.17, 15) is 0 Å². The number of ether oxygens (including phenoxy) is 1. The van der Waals surface area contributed by atoms with Crippen molar-refractivity contribution in [3.8, 4) is 0 Å². The molecule has 1 aromatic heterocycles. The molecule has 0 bridgehead atoms. The molecule has 0 N–H and O–H groups in total. The summed E-state index contributed by atoms with van der Waals surface area (Å²) in [5.74, 6) is 1.14. The molecule has 1 fully saturated rings. The minimum atomic E-state index is 0.279. The zero-order valence-electron chi connectivity index (χ0n) is 14.3. The smallest absolute Gasteiger partial charge is 0.124 e. The first-order valence-electron chi connectivity index (χ1n) is 8.59. The molecule has 23 heavy (non-hydrogen) atoms. The second-order valence-electron chi connectivity index (χ2n) is 6.62. The van der Waals surface area contributed by atoms with Gasteiger partial charge in [0.25, 0.3) is 0 Å². The van der Waals surface area contributed by atoms with Gasteiger partial charge in [0, 0.05) is 24.7 Å². The van der Waals surface area contributed by atoms with Crippen molar-refractivity contribution in [2.75, 3.05) is 13.1 Å². The van der Waals surface area contributed by atoms with E-state index in [0.717, 1.165) is 54.5 Å². The number of fused-ring (bicyclic) bond motifs is 1. The molecule has 0 aliphatic carbocycles. The van der Waals surface area contributed by atoms with E-state index < -0.39 is 0 Å². The first-order chi connectivity index (χ1) is 11.1. The molecule has 2 unspecified atom stereocenters. The first-order valence-corrected chi connectivity index (χ1v) is 8.97. The first kappa shape index (κ1) is 16.7. The van der Waals surface area contributed by atoms with Gasteiger partial charge >= 0.3 is 0 Å². The standard InChI is InChI=1S/C18H26ClN3O/c1-4-5-8-22-17-9-15(19)6-7-16(17)20-18(22)12-21-10-13(2)23-14(3)11-21/h6-7,9,13-14H,4-5,8,10-12H2,1-3H3. The number of unbranched alkanes of at least 4 members (excludes halogenated alkanes) is 1. The third-order valence-corrected chi connectivity index (χ3v) is 4.62. The molecule has 3 rings (SSSR count). The number of hydrogen-bond donors (Lipinski definition) is 0. The molecular formula is C18H26ClN3O. The van der Waals surface area contributed by atoms with Gasteiger partial charge in [-0.25, -0.2) is 4.98 Å². The highest BCUT2D eigenvalue weighted by Crippen LogP contribution is 2.23. The van der Waals surface area contributed by atoms with E-state index in [1.54, 1.807) is 0 Å². The Bertz CT molecular complexity index is 660. The van der Waals surface area contributed by atoms with Crippen LogP contribution >= 0.6 is 11.6 Å². The second-order valence-corrected chi connectivity index (χ2v) is 7.05. The zero-order valence-corrected chi connectivity index (χ0v) is 15.0. The van der Waals surface area contributed by atoms with Crippen LogP contribution in [-0.4, -0.2) is 39.7 Å². The molecule has 0 saturated carbocycles. The van der Waals surface area contributed by atoms with Crippen LogP contribution in [0.4, 0.5) is 0 Å². The van der Waals surface area contributed by atoms with Crippen molar-refractivity contribution in [2.45, 2.75) is 58.9 Å². The van der Waals surface area contributed by atoms with Crippen LogP contribution in [0.5, 0.6) is 0 Å². The maximum absolute atomic E-state index is 6.20. The third kappa shape index (κ3) is 3.87. The van der Waals surface area contributed by atoms with Crippen molar-refractivity contribution < 1.29 is 4.74 Å². The number of hydrogen-bond acceptors (Lipinski definition) is 3. The summed E-state index contributed by atoms with van der Waals surface area (Å²) in [5, 5.41) is 0.773. The molecule has 0 amide bonds. The van der Waals surface area contributed by atoms with E-state index in [1.165, 1.54) is 6.42 Å². The Kier molecular flexibility index (Phi) is 5.24. The quantitative estimate of drug-likeness (QED) is 0.824. The fourth-order valence-electron chi connectivity index (χ4n) is 3.45. The summed E-state index contributed by atoms with van der Waals surface area (Å²) in [4.78, 5) is 7.32. The summed E-state index contributed by atoms with van der Waals surface area (Å²) >= 11 is 6.20. The Morgan fingerprint density at radius 3 is 2.70 bits per heavy atom. The third-order valence-electron chi connectivity index (χ3n) is 4.38. The monoisotopic (exact) mass is 335 g/mol. The number of aryl methyl sites for hydroxylation is 1. The predicted octanol–water partition coefficient (Wildman–Crippen LogP) is 4.10. The highest BCUT2D eigenvalue weighted by molar-refractivity contribution is 6.31. The van der Waals surface area contributed by atoms with Gasteiger partial charge in [0.1, 0.15) is 5.82 Å². The molecular weight excluding hydrogens is 310 g/mol. The Morgan fingerprint density at radius 1 is 1.26 bits per heavy atom. The van der Waals surface area contributed by atoms with Gasteiger partial charge in [-0.1, -0.05) is 24.9 Å². The van der Waals surface area contributed by atoms with Crippen molar-refractivity contribution in [3.05, 3.63) is 29.0 Å². The van der Waals surface area contributed by atoms with Crippen LogP contribution < -0.4 is 0 Å². The molecule has 5 heteroatoms. The summed E-state index contributed by atoms with van der Waals surface area (Å²) in [5.41, 5.74) is 2.19. The lowest BCUT2D eigenvalue weighted by Gasteiger charge is -2.35. The number of rotatable bonds is 5. The highest BCUT2D eigenvalue weighted by Gasteiger charge is 2.24. The van der Waals surface area contributed by atoms with Crippen LogP contribution in [0.3, 0.4) is 0 Å². The summed E-state index contributed by atoms with van der Waals surface area (Å²) in [6.45, 7) is 10.3. The van der Waals surface area contributed by atoms with E-state index in [-0.39, 0.29) is 12.2 Å². The van der Waals surface area contributed by atoms with Gasteiger partial charge in [-0.3, -0.25) is 4.90 Å². The SMILES string of the molecule is CCCCn1c(CN2CC(C)OC(C)C2)nc2ccc(Cl)cc21. The number of nitrogens with zero attached hydrogens (tertiary/aromatic N) is 3. The van der Waals surface area contributed by atoms with Crippen LogP contribution in [0.1, 0.15) is 39.4 Å². The Balaban J connectivity index is 1.89. The van der Waals surface area contributed by atoms with Crippen molar-refractivity contribution in [1.82, 2.24) is 14.5 Å². The topological polar surface area (TPSA) is 30.3 Å². The Labute approximate surface area is 143 Å². The summed E-state index contributed by atoms with van der Waals surface area (Å²) < 4.78 is 8.18. The molecule has 2 heterocycles. The van der Waals surface area contributed by atoms with Crippen LogP contribution in [0.15, 0.2) is 18.2 Å². The van der Waals surface area contributed by atoms with Gasteiger partial charge < -0.3 is 9.30 Å². The molecule has 126 valence electrons. The molecule has 2 aromatic rings. The average Bonchev–Trinajstić information content (AvgIpc) is 2.80. The van der Waals surface area contributed by atoms with E-state index in [1.807, 2.05) is 18.2 Å². The average molecular weight is 336 g/mol. The summed E-state index contributed by atoms with van der Waals surface area (Å²) in [6.07, 6.45) is 2.88. The molecule has 2 atom stereocenters. The Morgan fingerprint density at radius 2 is 2.00 bits per heavy atom. The number of imidazole rings is 1. The van der Waals surface area contributed by atoms with Crippen molar-refractivity contribution in [2.24, 2.45) is 0 Å². The molecule has 1 aliphatic heterocycles. The lowest BCUT2D eigenvalue weighted by atomic mass is 10.2. The van der Waals surface area contributed by atoms with Gasteiger partial charge in [0.15, 0.2) is 0 Å². The fourth-order valence-corrected chi connectivity index (χ4v) is 3.61. The summed E-state index contributed by atoms with van der Waals surface area (Å²) in [6, 6.07) is 5.98. The predicted molar refractivity (Wildman–Crippen MR) is 94.9 cm³/mol. The van der Waals surface area contributed by atoms with Gasteiger partial charge in [0.2, 0.25) is 0 Å². The minimum absolute atomic E-state index is 0.279. The lowest BCUT2D eigenvalue weighted by Crippen LogP contribution is -2.45. The van der Waals surface area contributed by atoms with E-state index >= 15 is 0 Å². The van der Waals surface area contributed by atoms with Crippen LogP contribution in [0, 0.1) is 0 Å². The normalized spacial score (nSPS) is 22.8. The van der Waals surface area contributed by atoms with Gasteiger partial charge in [-0.05, 0) is 38.5 Å². The maximum Gasteiger partial charge on any atom is 0.124 e. The van der Waals surface area contributed by atoms with Crippen LogP contribution in [0.2, 0.25) is 5.02 Å². The van der Waals surface area contributed by atoms with Gasteiger partial charge in [-0.15, -0.1) is 0 Å². The van der Waals surface area contributed by atoms with Crippen LogP contribution in [-0.2, 0) is 17.8 Å². The lowest BCUT2D eigenvalue weighted by molar-refractivity contribution is -0.0712. The molecule has 1 aliphatic rings. The molecule has 1 saturated heterocycles. The zero-order chi connectivity index (χ0) is 16.4. The van der Waals surface area contributed by atoms with E-state index in [2.05, 4.69) is 30.2 Å². The molecule has 0 spiro atoms. The maximum atomic E-state index is 6.20.